The lowest BCUT2D eigenvalue weighted by Crippen LogP contribution is -2.61. The van der Waals surface area contributed by atoms with Gasteiger partial charge in [-0.2, -0.15) is 0 Å². The van der Waals surface area contributed by atoms with Crippen LogP contribution in [-0.2, 0) is 25.2 Å². The number of rotatable bonds is 4. The first-order valence-electron chi connectivity index (χ1n) is 11.1. The highest BCUT2D eigenvalue weighted by Crippen LogP contribution is 2.54. The minimum Gasteiger partial charge on any atom is -0.508 e. The molecule has 0 aromatic heterocycles. The van der Waals surface area contributed by atoms with E-state index >= 15 is 0 Å². The van der Waals surface area contributed by atoms with Crippen molar-refractivity contribution in [2.45, 2.75) is 50.1 Å². The molecule has 0 saturated heterocycles. The van der Waals surface area contributed by atoms with Crippen LogP contribution in [0.5, 0.6) is 5.75 Å². The second-order valence-electron chi connectivity index (χ2n) is 9.48. The Morgan fingerprint density at radius 2 is 1.88 bits per heavy atom. The van der Waals surface area contributed by atoms with Gasteiger partial charge in [-0.3, -0.25) is 14.4 Å². The molecule has 0 radical (unpaired) electrons. The van der Waals surface area contributed by atoms with Crippen molar-refractivity contribution in [3.63, 3.8) is 0 Å². The predicted molar refractivity (Wildman–Crippen MR) is 129 cm³/mol. The van der Waals surface area contributed by atoms with E-state index in [-0.39, 0.29) is 35.6 Å². The monoisotopic (exact) mass is 566 g/mol. The van der Waals surface area contributed by atoms with Crippen LogP contribution in [0.25, 0.3) is 5.76 Å². The maximum absolute atomic E-state index is 13.8. The molecule has 4 rings (SSSR count). The van der Waals surface area contributed by atoms with E-state index in [2.05, 4.69) is 22.6 Å². The summed E-state index contributed by atoms with van der Waals surface area (Å²) in [5.74, 6) is -6.11. The average Bonchev–Trinajstić information content (AvgIpc) is 2.76. The molecule has 0 amide bonds. The van der Waals surface area contributed by atoms with Crippen molar-refractivity contribution in [3.8, 4) is 5.75 Å². The lowest BCUT2D eigenvalue weighted by atomic mass is 9.54. The maximum Gasteiger partial charge on any atom is 0.202 e. The van der Waals surface area contributed by atoms with Crippen LogP contribution >= 0.6 is 22.6 Å². The van der Waals surface area contributed by atoms with Crippen LogP contribution in [0.4, 0.5) is 0 Å². The van der Waals surface area contributed by atoms with Crippen molar-refractivity contribution in [1.29, 1.82) is 0 Å². The Bertz CT molecular complexity index is 1150. The fraction of sp³-hybridized carbons (Fsp3) is 0.480. The molecule has 0 unspecified atom stereocenters. The molecule has 0 aliphatic heterocycles. The summed E-state index contributed by atoms with van der Waals surface area (Å²) in [4.78, 5) is 39.6. The highest BCUT2D eigenvalue weighted by molar-refractivity contribution is 14.1. The molecule has 1 aromatic carbocycles. The van der Waals surface area contributed by atoms with Crippen molar-refractivity contribution in [1.82, 2.24) is 0 Å². The van der Waals surface area contributed by atoms with Crippen LogP contribution in [0.1, 0.15) is 50.3 Å². The first-order valence-corrected chi connectivity index (χ1v) is 12.6. The number of alkyl halides is 1. The Balaban J connectivity index is 1.97. The molecule has 3 aliphatic rings. The van der Waals surface area contributed by atoms with Gasteiger partial charge in [-0.25, -0.2) is 0 Å². The number of carbonyl (C=O) groups is 3. The molecule has 33 heavy (non-hydrogen) atoms. The number of hydrogen-bond acceptors (Lipinski definition) is 7. The summed E-state index contributed by atoms with van der Waals surface area (Å²) < 4.78 is 0.493. The minimum absolute atomic E-state index is 0.0677. The number of benzene rings is 1. The third-order valence-electron chi connectivity index (χ3n) is 7.42. The molecule has 0 heterocycles. The van der Waals surface area contributed by atoms with Crippen molar-refractivity contribution in [3.05, 3.63) is 45.7 Å². The molecule has 7 nitrogen and oxygen atoms in total. The Morgan fingerprint density at radius 3 is 2.45 bits per heavy atom. The van der Waals surface area contributed by atoms with Crippen LogP contribution in [0.2, 0.25) is 0 Å². The van der Waals surface area contributed by atoms with Gasteiger partial charge in [0.05, 0.1) is 5.56 Å². The first-order chi connectivity index (χ1) is 15.5. The average molecular weight is 566 g/mol. The fourth-order valence-corrected chi connectivity index (χ4v) is 6.43. The molecule has 0 bridgehead atoms. The van der Waals surface area contributed by atoms with Gasteiger partial charge in [0.15, 0.2) is 17.2 Å². The highest BCUT2D eigenvalue weighted by atomic mass is 127. The van der Waals surface area contributed by atoms with Crippen LogP contribution in [0.3, 0.4) is 0 Å². The zero-order valence-electron chi connectivity index (χ0n) is 18.7. The van der Waals surface area contributed by atoms with Crippen molar-refractivity contribution < 1.29 is 34.8 Å². The molecule has 1 aromatic rings. The van der Waals surface area contributed by atoms with E-state index in [9.17, 15) is 34.8 Å². The summed E-state index contributed by atoms with van der Waals surface area (Å²) in [6.45, 7) is 5.11. The van der Waals surface area contributed by atoms with Crippen LogP contribution in [0, 0.1) is 23.7 Å². The number of ketones is 3. The number of carbonyl (C=O) groups excluding carboxylic acids is 3. The van der Waals surface area contributed by atoms with Gasteiger partial charge < -0.3 is 20.4 Å². The number of aliphatic hydroxyl groups is 3. The third-order valence-corrected chi connectivity index (χ3v) is 8.24. The number of hydrogen-bond donors (Lipinski definition) is 4. The van der Waals surface area contributed by atoms with Gasteiger partial charge in [0.1, 0.15) is 22.8 Å². The standard InChI is InChI=1S/C25H27IO7/c1-4-15(27)19-21(29)16(10(2)3)14-8-13-7-11-5-6-12(9-26)20(28)17(11)22(30)18(13)23(31)25(14,33)24(19)32/h5-6,10,13-14,16,28,30,32-33H,4,7-9H2,1-3H3/t13-,14-,16-,25-/m0/s1. The van der Waals surface area contributed by atoms with Gasteiger partial charge in [0, 0.05) is 33.8 Å². The number of phenolic OH excluding ortho intramolecular Hbond substituents is 1. The van der Waals surface area contributed by atoms with E-state index in [4.69, 9.17) is 0 Å². The minimum atomic E-state index is -2.49. The number of aliphatic hydroxyl groups excluding tert-OH is 2. The zero-order chi connectivity index (χ0) is 24.4. The molecule has 0 spiro atoms. The molecule has 1 saturated carbocycles. The van der Waals surface area contributed by atoms with Crippen LogP contribution < -0.4 is 0 Å². The Morgan fingerprint density at radius 1 is 1.21 bits per heavy atom. The topological polar surface area (TPSA) is 132 Å². The maximum atomic E-state index is 13.8. The quantitative estimate of drug-likeness (QED) is 0.248. The van der Waals surface area contributed by atoms with Crippen LogP contribution in [0.15, 0.2) is 29.0 Å². The van der Waals surface area contributed by atoms with E-state index in [1.807, 2.05) is 6.07 Å². The predicted octanol–water partition coefficient (Wildman–Crippen LogP) is 3.73. The Kier molecular flexibility index (Phi) is 5.97. The number of phenols is 1. The number of fused-ring (bicyclic) bond motifs is 3. The second-order valence-corrected chi connectivity index (χ2v) is 10.2. The summed E-state index contributed by atoms with van der Waals surface area (Å²) >= 11 is 2.09. The summed E-state index contributed by atoms with van der Waals surface area (Å²) in [5, 5.41) is 44.5. The molecule has 4 atom stereocenters. The van der Waals surface area contributed by atoms with Gasteiger partial charge in [-0.05, 0) is 30.2 Å². The molecular formula is C25H27IO7. The van der Waals surface area contributed by atoms with E-state index < -0.39 is 57.8 Å². The second kappa shape index (κ2) is 8.23. The summed E-state index contributed by atoms with van der Waals surface area (Å²) in [6.07, 6.45) is 0.441. The van der Waals surface area contributed by atoms with Crippen molar-refractivity contribution >= 4 is 45.7 Å². The zero-order valence-corrected chi connectivity index (χ0v) is 20.8. The van der Waals surface area contributed by atoms with Crippen molar-refractivity contribution in [2.75, 3.05) is 0 Å². The lowest BCUT2D eigenvalue weighted by Gasteiger charge is -2.50. The van der Waals surface area contributed by atoms with E-state index in [1.54, 1.807) is 19.9 Å². The summed E-state index contributed by atoms with van der Waals surface area (Å²) in [6, 6.07) is 3.58. The molecule has 1 fully saturated rings. The molecule has 4 N–H and O–H groups in total. The molecule has 3 aliphatic carbocycles. The van der Waals surface area contributed by atoms with Crippen LogP contribution in [-0.4, -0.2) is 43.4 Å². The normalized spacial score (nSPS) is 29.2. The summed E-state index contributed by atoms with van der Waals surface area (Å²) in [7, 11) is 0. The molecule has 8 heteroatoms. The van der Waals surface area contributed by atoms with E-state index in [1.165, 1.54) is 6.92 Å². The number of Topliss-reactive ketones (excluding diaryl/α,β-unsaturated/α-hetero) is 3. The first kappa shape index (κ1) is 23.9. The van der Waals surface area contributed by atoms with Gasteiger partial charge in [-0.15, -0.1) is 0 Å². The highest BCUT2D eigenvalue weighted by Gasteiger charge is 2.63. The lowest BCUT2D eigenvalue weighted by molar-refractivity contribution is -0.155. The van der Waals surface area contributed by atoms with Gasteiger partial charge >= 0.3 is 0 Å². The fourth-order valence-electron chi connectivity index (χ4n) is 5.82. The SMILES string of the molecule is CCC(=O)C1=C(O)[C@@]2(O)C(=O)C3=C(O)c4c(ccc(CI)c4O)C[C@H]3C[C@H]2[C@H](C(C)C)C1=O. The van der Waals surface area contributed by atoms with E-state index in [0.29, 0.717) is 22.0 Å². The third kappa shape index (κ3) is 3.20. The van der Waals surface area contributed by atoms with Gasteiger partial charge in [-0.1, -0.05) is 55.5 Å². The van der Waals surface area contributed by atoms with Gasteiger partial charge in [0.2, 0.25) is 5.78 Å². The van der Waals surface area contributed by atoms with E-state index in [0.717, 1.165) is 0 Å². The largest absolute Gasteiger partial charge is 0.508 e. The molecular weight excluding hydrogens is 539 g/mol. The number of aromatic hydroxyl groups is 1. The Hall–Kier alpha value is -2.20. The number of allylic oxidation sites excluding steroid dienone is 1. The Labute approximate surface area is 205 Å². The summed E-state index contributed by atoms with van der Waals surface area (Å²) in [5.41, 5.74) is -1.65. The number of halogens is 1. The molecule has 176 valence electrons. The van der Waals surface area contributed by atoms with Crippen molar-refractivity contribution in [2.24, 2.45) is 23.7 Å². The smallest absolute Gasteiger partial charge is 0.202 e. The van der Waals surface area contributed by atoms with Gasteiger partial charge in [0.25, 0.3) is 0 Å².